The molecule has 0 aliphatic carbocycles. The van der Waals surface area contributed by atoms with E-state index in [0.29, 0.717) is 5.56 Å². The minimum Gasteiger partial charge on any atom is -0.464 e. The number of ether oxygens (including phenoxy) is 4. The number of alkyl carbamates (subject to hydrolysis) is 1. The summed E-state index contributed by atoms with van der Waals surface area (Å²) in [4.78, 5) is 44.2. The van der Waals surface area contributed by atoms with Crippen LogP contribution in [0.15, 0.2) is 79.1 Å². The molecule has 59 heavy (non-hydrogen) atoms. The first-order valence-corrected chi connectivity index (χ1v) is 20.6. The highest BCUT2D eigenvalue weighted by Crippen LogP contribution is 2.48. The molecule has 0 radical (unpaired) electrons. The summed E-state index contributed by atoms with van der Waals surface area (Å²) in [6, 6.07) is 18.5. The fourth-order valence-corrected chi connectivity index (χ4v) is 7.75. The number of nitrogens with two attached hydrogens (primary N) is 1. The molecule has 1 aliphatic rings. The van der Waals surface area contributed by atoms with E-state index < -0.39 is 74.0 Å². The summed E-state index contributed by atoms with van der Waals surface area (Å²) in [5.74, 6) is -1.50. The highest BCUT2D eigenvalue weighted by atomic mass is 31.2. The number of hydrogen-bond donors (Lipinski definition) is 4. The van der Waals surface area contributed by atoms with E-state index in [1.807, 2.05) is 19.9 Å². The van der Waals surface area contributed by atoms with Gasteiger partial charge in [-0.1, -0.05) is 75.2 Å². The Balaban J connectivity index is 1.48. The van der Waals surface area contributed by atoms with Gasteiger partial charge in [0.05, 0.1) is 18.9 Å². The maximum atomic E-state index is 14.5. The first-order valence-electron chi connectivity index (χ1n) is 19.1. The number of carbonyl (C=O) groups excluding carboxylic acids is 3. The molecule has 7 atom stereocenters. The molecule has 19 heteroatoms. The zero-order valence-electron chi connectivity index (χ0n) is 33.6. The predicted molar refractivity (Wildman–Crippen MR) is 212 cm³/mol. The summed E-state index contributed by atoms with van der Waals surface area (Å²) in [5, 5.41) is 32.3. The van der Waals surface area contributed by atoms with Gasteiger partial charge < -0.3 is 39.6 Å². The number of fused-ring (bicyclic) bond motifs is 1. The van der Waals surface area contributed by atoms with Crippen LogP contribution < -0.4 is 20.7 Å². The Hall–Kier alpha value is -5.57. The van der Waals surface area contributed by atoms with Crippen LogP contribution in [0.4, 0.5) is 10.6 Å². The van der Waals surface area contributed by atoms with Gasteiger partial charge >= 0.3 is 25.8 Å². The maximum absolute atomic E-state index is 14.5. The Morgan fingerprint density at radius 3 is 2.34 bits per heavy atom. The second-order valence-electron chi connectivity index (χ2n) is 14.9. The van der Waals surface area contributed by atoms with Gasteiger partial charge in [0.2, 0.25) is 5.60 Å². The second-order valence-corrected chi connectivity index (χ2v) is 16.6. The number of aliphatic hydroxyl groups is 1. The van der Waals surface area contributed by atoms with E-state index >= 15 is 0 Å². The molecule has 2 aromatic carbocycles. The molecular formula is C40H50N7O11P. The van der Waals surface area contributed by atoms with Crippen LogP contribution in [-0.4, -0.2) is 80.9 Å². The zero-order chi connectivity index (χ0) is 43.0. The molecule has 0 spiro atoms. The van der Waals surface area contributed by atoms with Gasteiger partial charge in [0, 0.05) is 0 Å². The molecule has 3 heterocycles. The number of esters is 2. The summed E-state index contributed by atoms with van der Waals surface area (Å²) in [6.45, 7) is 9.77. The predicted octanol–water partition coefficient (Wildman–Crippen LogP) is 5.13. The molecule has 5 N–H and O–H groups in total. The van der Waals surface area contributed by atoms with E-state index in [4.69, 9.17) is 33.7 Å². The number of nitrogens with one attached hydrogen (secondary N) is 2. The first-order chi connectivity index (χ1) is 28.0. The zero-order valence-corrected chi connectivity index (χ0v) is 34.5. The van der Waals surface area contributed by atoms with E-state index in [0.717, 1.165) is 19.2 Å². The average molecular weight is 836 g/mol. The molecular weight excluding hydrogens is 785 g/mol. The van der Waals surface area contributed by atoms with Gasteiger partial charge in [-0.2, -0.15) is 15.4 Å². The summed E-state index contributed by atoms with van der Waals surface area (Å²) < 4.78 is 50.5. The smallest absolute Gasteiger partial charge is 0.459 e. The first kappa shape index (κ1) is 44.5. The number of carbonyl (C=O) groups is 3. The van der Waals surface area contributed by atoms with Crippen LogP contribution in [0.2, 0.25) is 0 Å². The van der Waals surface area contributed by atoms with Crippen molar-refractivity contribution in [2.45, 2.75) is 96.0 Å². The molecule has 1 amide bonds. The van der Waals surface area contributed by atoms with Gasteiger partial charge in [0.25, 0.3) is 0 Å². The summed E-state index contributed by atoms with van der Waals surface area (Å²) in [5.41, 5.74) is 3.40. The monoisotopic (exact) mass is 835 g/mol. The third-order valence-electron chi connectivity index (χ3n) is 9.43. The number of aliphatic hydroxyl groups excluding tert-OH is 1. The van der Waals surface area contributed by atoms with Crippen LogP contribution in [0, 0.1) is 17.2 Å². The normalized spacial score (nSPS) is 21.2. The molecule has 1 fully saturated rings. The fourth-order valence-electron chi connectivity index (χ4n) is 6.25. The lowest BCUT2D eigenvalue weighted by Gasteiger charge is -2.29. The van der Waals surface area contributed by atoms with Crippen LogP contribution in [0.3, 0.4) is 0 Å². The molecule has 1 aliphatic heterocycles. The molecule has 2 aromatic heterocycles. The number of rotatable bonds is 17. The molecule has 0 saturated carbocycles. The van der Waals surface area contributed by atoms with Crippen molar-refractivity contribution in [3.63, 3.8) is 0 Å². The fraction of sp³-hybridized carbons (Fsp3) is 0.450. The van der Waals surface area contributed by atoms with E-state index in [1.54, 1.807) is 69.3 Å². The average Bonchev–Trinajstić information content (AvgIpc) is 3.76. The lowest BCUT2D eigenvalue weighted by molar-refractivity contribution is -0.163. The van der Waals surface area contributed by atoms with Gasteiger partial charge in [-0.15, -0.1) is 0 Å². The number of anilines is 1. The lowest BCUT2D eigenvalue weighted by Crippen LogP contribution is -2.47. The Morgan fingerprint density at radius 2 is 1.71 bits per heavy atom. The van der Waals surface area contributed by atoms with Crippen LogP contribution in [0.25, 0.3) is 5.52 Å². The summed E-state index contributed by atoms with van der Waals surface area (Å²) in [6.07, 6.45) is -3.45. The van der Waals surface area contributed by atoms with Gasteiger partial charge in [-0.3, -0.25) is 9.32 Å². The van der Waals surface area contributed by atoms with Crippen LogP contribution >= 0.6 is 7.75 Å². The van der Waals surface area contributed by atoms with Gasteiger partial charge in [-0.25, -0.2) is 23.7 Å². The molecule has 0 bridgehead atoms. The largest absolute Gasteiger partial charge is 0.464 e. The van der Waals surface area contributed by atoms with Gasteiger partial charge in [0.1, 0.15) is 47.5 Å². The van der Waals surface area contributed by atoms with Crippen LogP contribution in [-0.2, 0) is 43.2 Å². The lowest BCUT2D eigenvalue weighted by atomic mass is 9.92. The second kappa shape index (κ2) is 19.0. The standard InChI is InChI=1S/C40H50N7O11P/c1-7-26(8-2)21-53-36(49)25(3)46-59(52,58-28-17-13-10-14-18-28)54-22-30-33(48)34(40(23-41,56-30)31-20-19-29-35(42)43-24-44-47(29)31)55-37(50)32(27-15-11-9-12-16-27)45-38(51)57-39(4,5)6/h9-20,24-26,30,32-34,48H,7-8,21-22H2,1-6H3,(H,45,51)(H,46,52)(H2,42,43,44)/t25-,30+,32+,33+,34+,40-,59-/m0/s1. The van der Waals surface area contributed by atoms with Crippen molar-refractivity contribution in [1.82, 2.24) is 25.0 Å². The van der Waals surface area contributed by atoms with Crippen molar-refractivity contribution < 1.29 is 52.1 Å². The SMILES string of the molecule is CCC(CC)COC(=O)[C@H](C)N[P@](=O)(OC[C@H]1O[C@@](C#N)(c2ccc3c(N)ncnn23)[C@H](OC(=O)[C@H](NC(=O)OC(C)(C)C)c2ccccc2)[C@@H]1O)Oc1ccccc1. The van der Waals surface area contributed by atoms with Crippen molar-refractivity contribution in [1.29, 1.82) is 5.26 Å². The van der Waals surface area contributed by atoms with E-state index in [-0.39, 0.29) is 35.3 Å². The molecule has 18 nitrogen and oxygen atoms in total. The number of benzene rings is 2. The molecule has 4 aromatic rings. The van der Waals surface area contributed by atoms with Crippen LogP contribution in [0.5, 0.6) is 5.75 Å². The Labute approximate surface area is 341 Å². The third kappa shape index (κ3) is 10.7. The number of nitrogens with zero attached hydrogens (tertiary/aromatic N) is 4. The number of hydrogen-bond acceptors (Lipinski definition) is 15. The molecule has 316 valence electrons. The topological polar surface area (TPSA) is 248 Å². The number of amides is 1. The number of para-hydroxylation sites is 1. The quantitative estimate of drug-likeness (QED) is 0.0612. The number of aromatic nitrogens is 3. The van der Waals surface area contributed by atoms with E-state index in [1.165, 1.54) is 35.7 Å². The van der Waals surface area contributed by atoms with Crippen molar-refractivity contribution >= 4 is 37.1 Å². The minimum atomic E-state index is -4.52. The van der Waals surface area contributed by atoms with Crippen molar-refractivity contribution in [2.24, 2.45) is 5.92 Å². The van der Waals surface area contributed by atoms with Crippen molar-refractivity contribution in [2.75, 3.05) is 18.9 Å². The Kier molecular flexibility index (Phi) is 14.3. The van der Waals surface area contributed by atoms with Gasteiger partial charge in [-0.05, 0) is 63.4 Å². The maximum Gasteiger partial charge on any atom is 0.459 e. The molecule has 5 rings (SSSR count). The van der Waals surface area contributed by atoms with Crippen molar-refractivity contribution in [3.05, 3.63) is 90.4 Å². The van der Waals surface area contributed by atoms with E-state index in [2.05, 4.69) is 20.5 Å². The third-order valence-corrected chi connectivity index (χ3v) is 11.1. The minimum absolute atomic E-state index is 0.0181. The number of nitrogen functional groups attached to an aromatic ring is 1. The summed E-state index contributed by atoms with van der Waals surface area (Å²) in [7, 11) is -4.52. The van der Waals surface area contributed by atoms with Crippen molar-refractivity contribution in [3.8, 4) is 11.8 Å². The highest BCUT2D eigenvalue weighted by Gasteiger charge is 2.61. The highest BCUT2D eigenvalue weighted by molar-refractivity contribution is 7.52. The van der Waals surface area contributed by atoms with Crippen LogP contribution in [0.1, 0.15) is 71.7 Å². The number of nitriles is 1. The Bertz CT molecular complexity index is 2160. The molecule has 0 unspecified atom stereocenters. The van der Waals surface area contributed by atoms with E-state index in [9.17, 15) is 29.3 Å². The van der Waals surface area contributed by atoms with Gasteiger partial charge in [0.15, 0.2) is 18.0 Å². The summed E-state index contributed by atoms with van der Waals surface area (Å²) >= 11 is 0. The molecule has 1 saturated heterocycles. The Morgan fingerprint density at radius 1 is 1.05 bits per heavy atom.